The summed E-state index contributed by atoms with van der Waals surface area (Å²) >= 11 is 1.12. The SMILES string of the molecule is CC(=O)SC1CC(=O)N(C(CC(C)C)C(=O)O)C1. The van der Waals surface area contributed by atoms with E-state index >= 15 is 0 Å². The van der Waals surface area contributed by atoms with E-state index in [1.54, 1.807) is 0 Å². The molecular formula is C12H19NO4S. The largest absolute Gasteiger partial charge is 0.480 e. The van der Waals surface area contributed by atoms with E-state index in [0.717, 1.165) is 11.8 Å². The van der Waals surface area contributed by atoms with Crippen LogP contribution in [-0.4, -0.2) is 44.8 Å². The molecule has 1 amide bonds. The summed E-state index contributed by atoms with van der Waals surface area (Å²) in [6.07, 6.45) is 0.699. The standard InChI is InChI=1S/C12H19NO4S/c1-7(2)4-10(12(16)17)13-6-9(5-11(13)15)18-8(3)14/h7,9-10H,4-6H2,1-3H3,(H,16,17). The molecule has 0 aromatic rings. The Morgan fingerprint density at radius 3 is 2.56 bits per heavy atom. The summed E-state index contributed by atoms with van der Waals surface area (Å²) in [5, 5.41) is 9.06. The van der Waals surface area contributed by atoms with Gasteiger partial charge in [0, 0.05) is 25.1 Å². The topological polar surface area (TPSA) is 74.7 Å². The molecule has 0 aromatic carbocycles. The number of carbonyl (C=O) groups is 3. The van der Waals surface area contributed by atoms with Gasteiger partial charge in [-0.25, -0.2) is 4.79 Å². The highest BCUT2D eigenvalue weighted by molar-refractivity contribution is 8.14. The van der Waals surface area contributed by atoms with Crippen molar-refractivity contribution in [1.29, 1.82) is 0 Å². The Labute approximate surface area is 111 Å². The lowest BCUT2D eigenvalue weighted by Crippen LogP contribution is -2.43. The van der Waals surface area contributed by atoms with Gasteiger partial charge in [-0.15, -0.1) is 0 Å². The second-order valence-electron chi connectivity index (χ2n) is 4.97. The minimum Gasteiger partial charge on any atom is -0.480 e. The smallest absolute Gasteiger partial charge is 0.326 e. The van der Waals surface area contributed by atoms with Crippen LogP contribution >= 0.6 is 11.8 Å². The molecule has 5 nitrogen and oxygen atoms in total. The molecule has 2 atom stereocenters. The molecule has 6 heteroatoms. The zero-order valence-corrected chi connectivity index (χ0v) is 11.7. The maximum atomic E-state index is 11.8. The van der Waals surface area contributed by atoms with Crippen LogP contribution in [0.25, 0.3) is 0 Å². The Balaban J connectivity index is 2.71. The third-order valence-electron chi connectivity index (χ3n) is 2.81. The number of rotatable bonds is 5. The van der Waals surface area contributed by atoms with Crippen LogP contribution in [0.2, 0.25) is 0 Å². The molecule has 1 aliphatic heterocycles. The highest BCUT2D eigenvalue weighted by Crippen LogP contribution is 2.27. The molecule has 0 spiro atoms. The van der Waals surface area contributed by atoms with Crippen LogP contribution in [-0.2, 0) is 14.4 Å². The van der Waals surface area contributed by atoms with Crippen LogP contribution in [0.3, 0.4) is 0 Å². The van der Waals surface area contributed by atoms with Crippen molar-refractivity contribution in [2.45, 2.75) is 44.9 Å². The van der Waals surface area contributed by atoms with Crippen molar-refractivity contribution in [1.82, 2.24) is 4.90 Å². The molecule has 1 aliphatic rings. The number of carboxylic acid groups (broad SMARTS) is 1. The second-order valence-corrected chi connectivity index (χ2v) is 6.44. The lowest BCUT2D eigenvalue weighted by Gasteiger charge is -2.25. The highest BCUT2D eigenvalue weighted by Gasteiger charge is 2.38. The monoisotopic (exact) mass is 273 g/mol. The van der Waals surface area contributed by atoms with E-state index in [0.29, 0.717) is 13.0 Å². The van der Waals surface area contributed by atoms with Crippen molar-refractivity contribution < 1.29 is 19.5 Å². The van der Waals surface area contributed by atoms with Crippen molar-refractivity contribution in [3.8, 4) is 0 Å². The van der Waals surface area contributed by atoms with E-state index in [1.165, 1.54) is 11.8 Å². The molecule has 0 bridgehead atoms. The van der Waals surface area contributed by atoms with Crippen LogP contribution < -0.4 is 0 Å². The molecule has 2 unspecified atom stereocenters. The Morgan fingerprint density at radius 2 is 2.11 bits per heavy atom. The van der Waals surface area contributed by atoms with Crippen molar-refractivity contribution >= 4 is 28.8 Å². The predicted octanol–water partition coefficient (Wildman–Crippen LogP) is 1.37. The van der Waals surface area contributed by atoms with Crippen LogP contribution in [0.15, 0.2) is 0 Å². The third kappa shape index (κ3) is 4.01. The van der Waals surface area contributed by atoms with Crippen molar-refractivity contribution in [2.24, 2.45) is 5.92 Å². The van der Waals surface area contributed by atoms with E-state index in [4.69, 9.17) is 0 Å². The van der Waals surface area contributed by atoms with Gasteiger partial charge in [-0.1, -0.05) is 25.6 Å². The summed E-state index contributed by atoms with van der Waals surface area (Å²) in [5.74, 6) is -0.925. The Bertz CT molecular complexity index is 356. The van der Waals surface area contributed by atoms with Gasteiger partial charge in [0.2, 0.25) is 5.91 Å². The fourth-order valence-corrected chi connectivity index (χ4v) is 3.05. The Kier molecular flexibility index (Phi) is 5.19. The van der Waals surface area contributed by atoms with E-state index < -0.39 is 12.0 Å². The van der Waals surface area contributed by atoms with Gasteiger partial charge in [-0.3, -0.25) is 9.59 Å². The molecule has 1 fully saturated rings. The first-order valence-electron chi connectivity index (χ1n) is 6.00. The van der Waals surface area contributed by atoms with Gasteiger partial charge < -0.3 is 10.0 Å². The molecule has 0 aliphatic carbocycles. The van der Waals surface area contributed by atoms with Gasteiger partial charge in [-0.2, -0.15) is 0 Å². The zero-order chi connectivity index (χ0) is 13.9. The highest BCUT2D eigenvalue weighted by atomic mass is 32.2. The molecule has 18 heavy (non-hydrogen) atoms. The molecule has 1 saturated heterocycles. The number of carbonyl (C=O) groups excluding carboxylic acids is 2. The summed E-state index contributed by atoms with van der Waals surface area (Å²) in [7, 11) is 0. The summed E-state index contributed by atoms with van der Waals surface area (Å²) < 4.78 is 0. The van der Waals surface area contributed by atoms with Crippen LogP contribution in [0, 0.1) is 5.92 Å². The molecule has 0 saturated carbocycles. The first kappa shape index (κ1) is 15.0. The zero-order valence-electron chi connectivity index (χ0n) is 10.9. The number of nitrogens with zero attached hydrogens (tertiary/aromatic N) is 1. The summed E-state index contributed by atoms with van der Waals surface area (Å²) in [5.41, 5.74) is 0. The predicted molar refractivity (Wildman–Crippen MR) is 69.3 cm³/mol. The molecule has 1 N–H and O–H groups in total. The molecule has 1 rings (SSSR count). The number of aliphatic carboxylic acids is 1. The first-order valence-corrected chi connectivity index (χ1v) is 6.88. The summed E-state index contributed by atoms with van der Waals surface area (Å²) in [4.78, 5) is 35.5. The number of likely N-dealkylation sites (tertiary alicyclic amines) is 1. The van der Waals surface area contributed by atoms with Gasteiger partial charge in [0.05, 0.1) is 0 Å². The molecule has 0 aromatic heterocycles. The fourth-order valence-electron chi connectivity index (χ4n) is 2.12. The lowest BCUT2D eigenvalue weighted by atomic mass is 10.0. The minimum atomic E-state index is -0.967. The Hall–Kier alpha value is -1.04. The molecule has 102 valence electrons. The lowest BCUT2D eigenvalue weighted by molar-refractivity contribution is -0.149. The van der Waals surface area contributed by atoms with Gasteiger partial charge >= 0.3 is 5.97 Å². The van der Waals surface area contributed by atoms with Crippen LogP contribution in [0.5, 0.6) is 0 Å². The average molecular weight is 273 g/mol. The van der Waals surface area contributed by atoms with Crippen LogP contribution in [0.4, 0.5) is 0 Å². The number of hydrogen-bond acceptors (Lipinski definition) is 4. The third-order valence-corrected chi connectivity index (χ3v) is 3.79. The molecule has 0 radical (unpaired) electrons. The first-order chi connectivity index (χ1) is 8.31. The van der Waals surface area contributed by atoms with Gasteiger partial charge in [-0.05, 0) is 12.3 Å². The number of hydrogen-bond donors (Lipinski definition) is 1. The maximum Gasteiger partial charge on any atom is 0.326 e. The van der Waals surface area contributed by atoms with Crippen molar-refractivity contribution in [2.75, 3.05) is 6.54 Å². The van der Waals surface area contributed by atoms with Crippen molar-refractivity contribution in [3.05, 3.63) is 0 Å². The van der Waals surface area contributed by atoms with Gasteiger partial charge in [0.25, 0.3) is 0 Å². The van der Waals surface area contributed by atoms with E-state index in [-0.39, 0.29) is 28.6 Å². The van der Waals surface area contributed by atoms with Gasteiger partial charge in [0.1, 0.15) is 6.04 Å². The van der Waals surface area contributed by atoms with E-state index in [1.807, 2.05) is 13.8 Å². The van der Waals surface area contributed by atoms with E-state index in [2.05, 4.69) is 0 Å². The van der Waals surface area contributed by atoms with Gasteiger partial charge in [0.15, 0.2) is 5.12 Å². The minimum absolute atomic E-state index is 0.0367. The fraction of sp³-hybridized carbons (Fsp3) is 0.750. The van der Waals surface area contributed by atoms with E-state index in [9.17, 15) is 19.5 Å². The quantitative estimate of drug-likeness (QED) is 0.818. The molecular weight excluding hydrogens is 254 g/mol. The summed E-state index contributed by atoms with van der Waals surface area (Å²) in [6.45, 7) is 5.67. The number of thioether (sulfide) groups is 1. The normalized spacial score (nSPS) is 21.4. The maximum absolute atomic E-state index is 11.8. The number of carboxylic acids is 1. The summed E-state index contributed by atoms with van der Waals surface area (Å²) in [6, 6.07) is -0.768. The van der Waals surface area contributed by atoms with Crippen molar-refractivity contribution in [3.63, 3.8) is 0 Å². The number of amides is 1. The average Bonchev–Trinajstić information content (AvgIpc) is 2.54. The Morgan fingerprint density at radius 1 is 1.50 bits per heavy atom. The van der Waals surface area contributed by atoms with Crippen LogP contribution in [0.1, 0.15) is 33.6 Å². The molecule has 1 heterocycles. The second kappa shape index (κ2) is 6.22.